The lowest BCUT2D eigenvalue weighted by atomic mass is 10.3. The van der Waals surface area contributed by atoms with Crippen molar-refractivity contribution < 1.29 is 17.9 Å². The summed E-state index contributed by atoms with van der Waals surface area (Å²) in [5.41, 5.74) is 1.20. The van der Waals surface area contributed by atoms with Gasteiger partial charge in [0, 0.05) is 35.3 Å². The molecule has 0 atom stereocenters. The Hall–Kier alpha value is -3.01. The van der Waals surface area contributed by atoms with Crippen molar-refractivity contribution in [1.82, 2.24) is 4.31 Å². The summed E-state index contributed by atoms with van der Waals surface area (Å²) in [5.74, 6) is -0.0930. The van der Waals surface area contributed by atoms with Gasteiger partial charge in [0.2, 0.25) is 15.9 Å². The van der Waals surface area contributed by atoms with Crippen LogP contribution >= 0.6 is 11.8 Å². The van der Waals surface area contributed by atoms with Crippen LogP contribution in [-0.4, -0.2) is 46.4 Å². The van der Waals surface area contributed by atoms with Gasteiger partial charge in [-0.3, -0.25) is 4.79 Å². The second-order valence-corrected chi connectivity index (χ2v) is 10.2. The van der Waals surface area contributed by atoms with E-state index in [1.54, 1.807) is 17.8 Å². The summed E-state index contributed by atoms with van der Waals surface area (Å²) < 4.78 is 31.4. The molecule has 0 saturated carbocycles. The molecule has 32 heavy (non-hydrogen) atoms. The van der Waals surface area contributed by atoms with Crippen molar-refractivity contribution in [2.75, 3.05) is 38.4 Å². The maximum absolute atomic E-state index is 12.6. The van der Waals surface area contributed by atoms with Crippen LogP contribution in [0.25, 0.3) is 0 Å². The highest BCUT2D eigenvalue weighted by Crippen LogP contribution is 2.33. The van der Waals surface area contributed by atoms with Crippen molar-refractivity contribution in [3.05, 3.63) is 72.8 Å². The van der Waals surface area contributed by atoms with Crippen LogP contribution in [0.4, 0.5) is 11.4 Å². The van der Waals surface area contributed by atoms with Crippen LogP contribution in [0, 0.1) is 0 Å². The first-order valence-electron chi connectivity index (χ1n) is 9.77. The third-order valence-electron chi connectivity index (χ3n) is 4.50. The summed E-state index contributed by atoms with van der Waals surface area (Å²) in [6, 6.07) is 22.2. The van der Waals surface area contributed by atoms with Crippen molar-refractivity contribution in [3.63, 3.8) is 0 Å². The van der Waals surface area contributed by atoms with Crippen LogP contribution in [0.2, 0.25) is 0 Å². The number of hydrogen-bond donors (Lipinski definition) is 2. The first-order chi connectivity index (χ1) is 15.3. The highest BCUT2D eigenvalue weighted by molar-refractivity contribution is 7.99. The van der Waals surface area contributed by atoms with Crippen LogP contribution in [0.3, 0.4) is 0 Å². The molecule has 0 radical (unpaired) electrons. The monoisotopic (exact) mass is 471 g/mol. The third-order valence-corrected chi connectivity index (χ3v) is 7.42. The van der Waals surface area contributed by atoms with E-state index in [9.17, 15) is 13.2 Å². The van der Waals surface area contributed by atoms with Crippen molar-refractivity contribution in [2.45, 2.75) is 14.7 Å². The fraction of sp³-hybridized carbons (Fsp3) is 0.174. The molecular weight excluding hydrogens is 446 g/mol. The molecule has 3 aromatic rings. The molecule has 0 bridgehead atoms. The quantitative estimate of drug-likeness (QED) is 0.488. The smallest absolute Gasteiger partial charge is 0.246 e. The average Bonchev–Trinajstić information content (AvgIpc) is 2.79. The Morgan fingerprint density at radius 3 is 2.38 bits per heavy atom. The van der Waals surface area contributed by atoms with E-state index in [1.165, 1.54) is 33.3 Å². The zero-order valence-corrected chi connectivity index (χ0v) is 19.7. The number of nitrogens with zero attached hydrogens (tertiary/aromatic N) is 1. The zero-order valence-electron chi connectivity index (χ0n) is 18.0. The molecule has 7 nitrogen and oxygen atoms in total. The van der Waals surface area contributed by atoms with Crippen LogP contribution in [0.1, 0.15) is 0 Å². The SMILES string of the molecule is COc1ccc(NC(=O)CNc2ccccc2Sc2ccccc2)cc1S(=O)(=O)N(C)C. The van der Waals surface area contributed by atoms with E-state index >= 15 is 0 Å². The van der Waals surface area contributed by atoms with Crippen LogP contribution in [0.15, 0.2) is 87.5 Å². The largest absolute Gasteiger partial charge is 0.495 e. The Bertz CT molecular complexity index is 1180. The predicted octanol–water partition coefficient (Wildman–Crippen LogP) is 4.15. The van der Waals surface area contributed by atoms with Gasteiger partial charge in [0.1, 0.15) is 10.6 Å². The van der Waals surface area contributed by atoms with Crippen LogP contribution in [-0.2, 0) is 14.8 Å². The molecule has 0 aromatic heterocycles. The minimum absolute atomic E-state index is 0.0136. The fourth-order valence-corrected chi connectivity index (χ4v) is 4.87. The number of anilines is 2. The minimum Gasteiger partial charge on any atom is -0.495 e. The molecule has 0 fully saturated rings. The predicted molar refractivity (Wildman–Crippen MR) is 128 cm³/mol. The van der Waals surface area contributed by atoms with Crippen LogP contribution in [0.5, 0.6) is 5.75 Å². The maximum atomic E-state index is 12.6. The fourth-order valence-electron chi connectivity index (χ4n) is 2.85. The standard InChI is InChI=1S/C23H25N3O4S2/c1-26(2)32(28,29)22-15-17(13-14-20(22)30-3)25-23(27)16-24-19-11-7-8-12-21(19)31-18-9-5-4-6-10-18/h4-15,24H,16H2,1-3H3,(H,25,27). The maximum Gasteiger partial charge on any atom is 0.246 e. The van der Waals surface area contributed by atoms with Gasteiger partial charge in [0.25, 0.3) is 0 Å². The molecule has 3 rings (SSSR count). The lowest BCUT2D eigenvalue weighted by Gasteiger charge is -2.16. The van der Waals surface area contributed by atoms with E-state index in [0.29, 0.717) is 5.69 Å². The molecule has 3 aromatic carbocycles. The molecule has 0 aliphatic rings. The molecule has 0 saturated heterocycles. The van der Waals surface area contributed by atoms with E-state index in [1.807, 2.05) is 54.6 Å². The van der Waals surface area contributed by atoms with Crippen LogP contribution < -0.4 is 15.4 Å². The van der Waals surface area contributed by atoms with Crippen molar-refractivity contribution >= 4 is 39.1 Å². The number of nitrogens with one attached hydrogen (secondary N) is 2. The summed E-state index contributed by atoms with van der Waals surface area (Å²) in [6.45, 7) is 0.0220. The summed E-state index contributed by atoms with van der Waals surface area (Å²) >= 11 is 1.60. The second-order valence-electron chi connectivity index (χ2n) is 6.97. The molecule has 0 spiro atoms. The summed E-state index contributed by atoms with van der Waals surface area (Å²) in [5, 5.41) is 5.89. The van der Waals surface area contributed by atoms with Gasteiger partial charge in [0.05, 0.1) is 13.7 Å². The Morgan fingerprint density at radius 1 is 1.00 bits per heavy atom. The van der Waals surface area contributed by atoms with Crippen molar-refractivity contribution in [1.29, 1.82) is 0 Å². The Morgan fingerprint density at radius 2 is 1.69 bits per heavy atom. The number of amides is 1. The van der Waals surface area contributed by atoms with Crippen molar-refractivity contribution in [2.24, 2.45) is 0 Å². The number of hydrogen-bond acceptors (Lipinski definition) is 6. The van der Waals surface area contributed by atoms with E-state index in [2.05, 4.69) is 10.6 Å². The molecular formula is C23H25N3O4S2. The second kappa shape index (κ2) is 10.5. The van der Waals surface area contributed by atoms with E-state index in [-0.39, 0.29) is 23.1 Å². The van der Waals surface area contributed by atoms with E-state index < -0.39 is 10.0 Å². The lowest BCUT2D eigenvalue weighted by Crippen LogP contribution is -2.24. The first kappa shape index (κ1) is 23.6. The number of ether oxygens (including phenoxy) is 1. The number of benzene rings is 3. The van der Waals surface area contributed by atoms with Gasteiger partial charge in [-0.15, -0.1) is 0 Å². The normalized spacial score (nSPS) is 11.2. The number of rotatable bonds is 9. The topological polar surface area (TPSA) is 87.7 Å². The van der Waals surface area contributed by atoms with Gasteiger partial charge < -0.3 is 15.4 Å². The number of sulfonamides is 1. The van der Waals surface area contributed by atoms with Gasteiger partial charge in [-0.1, -0.05) is 42.1 Å². The van der Waals surface area contributed by atoms with Gasteiger partial charge in [0.15, 0.2) is 0 Å². The Labute approximate surface area is 192 Å². The highest BCUT2D eigenvalue weighted by Gasteiger charge is 2.23. The third kappa shape index (κ3) is 5.82. The lowest BCUT2D eigenvalue weighted by molar-refractivity contribution is -0.114. The summed E-state index contributed by atoms with van der Waals surface area (Å²) in [7, 11) is 0.549. The number of methoxy groups -OCH3 is 1. The number of carbonyl (C=O) groups is 1. The minimum atomic E-state index is -3.73. The van der Waals surface area contributed by atoms with Crippen molar-refractivity contribution in [3.8, 4) is 5.75 Å². The zero-order chi connectivity index (χ0) is 23.1. The first-order valence-corrected chi connectivity index (χ1v) is 12.0. The van der Waals surface area contributed by atoms with Gasteiger partial charge in [-0.2, -0.15) is 0 Å². The molecule has 2 N–H and O–H groups in total. The highest BCUT2D eigenvalue weighted by atomic mass is 32.2. The Kier molecular flexibility index (Phi) is 7.79. The summed E-state index contributed by atoms with van der Waals surface area (Å²) in [6.07, 6.45) is 0. The molecule has 168 valence electrons. The van der Waals surface area contributed by atoms with Gasteiger partial charge in [-0.25, -0.2) is 12.7 Å². The molecule has 0 aliphatic carbocycles. The Balaban J connectivity index is 1.70. The molecule has 0 heterocycles. The summed E-state index contributed by atoms with van der Waals surface area (Å²) in [4.78, 5) is 14.6. The van der Waals surface area contributed by atoms with Gasteiger partial charge in [-0.05, 0) is 42.5 Å². The molecule has 0 aliphatic heterocycles. The van der Waals surface area contributed by atoms with E-state index in [0.717, 1.165) is 19.8 Å². The average molecular weight is 472 g/mol. The van der Waals surface area contributed by atoms with E-state index in [4.69, 9.17) is 4.74 Å². The molecule has 1 amide bonds. The van der Waals surface area contributed by atoms with Gasteiger partial charge >= 0.3 is 0 Å². The number of carbonyl (C=O) groups excluding carboxylic acids is 1. The molecule has 0 unspecified atom stereocenters. The number of para-hydroxylation sites is 1. The molecule has 9 heteroatoms.